The number of fused-ring (bicyclic) bond motifs is 1. The quantitative estimate of drug-likeness (QED) is 0.578. The summed E-state index contributed by atoms with van der Waals surface area (Å²) in [6, 6.07) is 11.9. The summed E-state index contributed by atoms with van der Waals surface area (Å²) in [6.07, 6.45) is 8.02. The van der Waals surface area contributed by atoms with Crippen LogP contribution in [-0.2, 0) is 13.0 Å². The van der Waals surface area contributed by atoms with Gasteiger partial charge in [-0.25, -0.2) is 14.5 Å². The van der Waals surface area contributed by atoms with Gasteiger partial charge in [0.25, 0.3) is 0 Å². The van der Waals surface area contributed by atoms with E-state index in [9.17, 15) is 0 Å². The lowest BCUT2D eigenvalue weighted by atomic mass is 10.2. The highest BCUT2D eigenvalue weighted by atomic mass is 15.3. The monoisotopic (exact) mass is 290 g/mol. The first-order valence-corrected chi connectivity index (χ1v) is 7.12. The van der Waals surface area contributed by atoms with Gasteiger partial charge in [0.05, 0.1) is 0 Å². The third-order valence-corrected chi connectivity index (χ3v) is 3.58. The van der Waals surface area contributed by atoms with Gasteiger partial charge in [0.15, 0.2) is 11.5 Å². The van der Waals surface area contributed by atoms with Gasteiger partial charge in [0, 0.05) is 37.3 Å². The Morgan fingerprint density at radius 1 is 0.909 bits per heavy atom. The molecular formula is C16H14N6. The van der Waals surface area contributed by atoms with Crippen molar-refractivity contribution in [2.45, 2.75) is 13.0 Å². The molecule has 0 bridgehead atoms. The Bertz CT molecular complexity index is 893. The van der Waals surface area contributed by atoms with Crippen molar-refractivity contribution < 1.29 is 0 Å². The standard InChI is InChI=1S/C16H14N6/c1-2-8-17-13(4-1)7-10-21-11-9-18-16(21)14-5-3-6-15-19-12-20-22(14)15/h1-6,8-9,11-12H,7,10H2. The van der Waals surface area contributed by atoms with Crippen LogP contribution < -0.4 is 0 Å². The summed E-state index contributed by atoms with van der Waals surface area (Å²) < 4.78 is 3.92. The molecule has 0 aliphatic heterocycles. The van der Waals surface area contributed by atoms with E-state index in [4.69, 9.17) is 0 Å². The molecule has 4 aromatic heterocycles. The van der Waals surface area contributed by atoms with E-state index in [1.54, 1.807) is 10.8 Å². The van der Waals surface area contributed by atoms with Gasteiger partial charge in [-0.3, -0.25) is 4.98 Å². The van der Waals surface area contributed by atoms with Crippen LogP contribution in [-0.4, -0.2) is 29.1 Å². The number of imidazole rings is 1. The van der Waals surface area contributed by atoms with Crippen LogP contribution in [0.3, 0.4) is 0 Å². The summed E-state index contributed by atoms with van der Waals surface area (Å²) in [4.78, 5) is 13.1. The summed E-state index contributed by atoms with van der Waals surface area (Å²) in [6.45, 7) is 0.817. The van der Waals surface area contributed by atoms with E-state index < -0.39 is 0 Å². The highest BCUT2D eigenvalue weighted by molar-refractivity contribution is 5.56. The predicted molar refractivity (Wildman–Crippen MR) is 82.1 cm³/mol. The lowest BCUT2D eigenvalue weighted by molar-refractivity contribution is 0.688. The van der Waals surface area contributed by atoms with Gasteiger partial charge in [0.1, 0.15) is 12.0 Å². The molecule has 6 nitrogen and oxygen atoms in total. The summed E-state index contributed by atoms with van der Waals surface area (Å²) in [7, 11) is 0. The maximum atomic E-state index is 4.48. The molecule has 0 aromatic carbocycles. The van der Waals surface area contributed by atoms with Gasteiger partial charge in [0.2, 0.25) is 0 Å². The first-order valence-electron chi connectivity index (χ1n) is 7.12. The predicted octanol–water partition coefficient (Wildman–Crippen LogP) is 2.23. The molecule has 108 valence electrons. The van der Waals surface area contributed by atoms with Gasteiger partial charge in [-0.2, -0.15) is 5.10 Å². The fourth-order valence-electron chi connectivity index (χ4n) is 2.52. The average Bonchev–Trinajstić information content (AvgIpc) is 3.22. The number of pyridine rings is 2. The molecule has 4 heterocycles. The molecule has 0 aliphatic rings. The fraction of sp³-hybridized carbons (Fsp3) is 0.125. The van der Waals surface area contributed by atoms with E-state index in [0.717, 1.165) is 35.8 Å². The molecule has 0 fully saturated rings. The zero-order chi connectivity index (χ0) is 14.8. The second-order valence-corrected chi connectivity index (χ2v) is 4.96. The minimum Gasteiger partial charge on any atom is -0.329 e. The van der Waals surface area contributed by atoms with Gasteiger partial charge in [-0.05, 0) is 24.3 Å². The van der Waals surface area contributed by atoms with Crippen LogP contribution in [0, 0.1) is 0 Å². The minimum absolute atomic E-state index is 0.816. The molecule has 0 atom stereocenters. The van der Waals surface area contributed by atoms with Crippen molar-refractivity contribution in [3.63, 3.8) is 0 Å². The molecule has 22 heavy (non-hydrogen) atoms. The van der Waals surface area contributed by atoms with Crippen molar-refractivity contribution in [2.24, 2.45) is 0 Å². The van der Waals surface area contributed by atoms with Gasteiger partial charge in [-0.15, -0.1) is 0 Å². The smallest absolute Gasteiger partial charge is 0.158 e. The maximum Gasteiger partial charge on any atom is 0.158 e. The maximum absolute atomic E-state index is 4.48. The van der Waals surface area contributed by atoms with Crippen molar-refractivity contribution in [1.82, 2.24) is 29.1 Å². The van der Waals surface area contributed by atoms with Crippen molar-refractivity contribution in [3.05, 3.63) is 67.0 Å². The highest BCUT2D eigenvalue weighted by Crippen LogP contribution is 2.18. The lowest BCUT2D eigenvalue weighted by Crippen LogP contribution is -2.06. The number of aryl methyl sites for hydroxylation is 2. The molecule has 0 radical (unpaired) electrons. The zero-order valence-corrected chi connectivity index (χ0v) is 11.9. The zero-order valence-electron chi connectivity index (χ0n) is 11.9. The Morgan fingerprint density at radius 2 is 1.91 bits per heavy atom. The third-order valence-electron chi connectivity index (χ3n) is 3.58. The largest absolute Gasteiger partial charge is 0.329 e. The van der Waals surface area contributed by atoms with Crippen molar-refractivity contribution in [3.8, 4) is 11.5 Å². The lowest BCUT2D eigenvalue weighted by Gasteiger charge is -2.08. The molecule has 4 rings (SSSR count). The Morgan fingerprint density at radius 3 is 2.82 bits per heavy atom. The van der Waals surface area contributed by atoms with E-state index in [2.05, 4.69) is 24.6 Å². The molecule has 0 aliphatic carbocycles. The summed E-state index contributed by atoms with van der Waals surface area (Å²) in [5.41, 5.74) is 2.82. The Balaban J connectivity index is 1.67. The van der Waals surface area contributed by atoms with Gasteiger partial charge in [-0.1, -0.05) is 12.1 Å². The fourth-order valence-corrected chi connectivity index (χ4v) is 2.52. The molecular weight excluding hydrogens is 276 g/mol. The summed E-state index contributed by atoms with van der Waals surface area (Å²) in [5, 5.41) is 4.27. The molecule has 4 aromatic rings. The van der Waals surface area contributed by atoms with Gasteiger partial charge >= 0.3 is 0 Å². The molecule has 0 N–H and O–H groups in total. The van der Waals surface area contributed by atoms with Crippen LogP contribution in [0.4, 0.5) is 0 Å². The molecule has 0 saturated heterocycles. The number of nitrogens with zero attached hydrogens (tertiary/aromatic N) is 6. The summed E-state index contributed by atoms with van der Waals surface area (Å²) >= 11 is 0. The topological polar surface area (TPSA) is 60.9 Å². The number of hydrogen-bond donors (Lipinski definition) is 0. The van der Waals surface area contributed by atoms with Crippen molar-refractivity contribution >= 4 is 5.65 Å². The molecule has 0 saturated carbocycles. The first-order chi connectivity index (χ1) is 10.9. The van der Waals surface area contributed by atoms with Crippen molar-refractivity contribution in [2.75, 3.05) is 0 Å². The van der Waals surface area contributed by atoms with Crippen LogP contribution in [0.15, 0.2) is 61.3 Å². The Labute approximate surface area is 127 Å². The van der Waals surface area contributed by atoms with Crippen LogP contribution in [0.1, 0.15) is 5.69 Å². The normalized spacial score (nSPS) is 11.1. The van der Waals surface area contributed by atoms with Crippen molar-refractivity contribution in [1.29, 1.82) is 0 Å². The van der Waals surface area contributed by atoms with Crippen LogP contribution in [0.25, 0.3) is 17.2 Å². The first kappa shape index (κ1) is 12.7. The molecule has 0 spiro atoms. The number of aromatic nitrogens is 6. The van der Waals surface area contributed by atoms with Crippen LogP contribution in [0.2, 0.25) is 0 Å². The van der Waals surface area contributed by atoms with E-state index in [1.807, 2.05) is 55.0 Å². The molecule has 0 unspecified atom stereocenters. The van der Waals surface area contributed by atoms with E-state index in [1.165, 1.54) is 0 Å². The van der Waals surface area contributed by atoms with Crippen LogP contribution >= 0.6 is 0 Å². The van der Waals surface area contributed by atoms with Gasteiger partial charge < -0.3 is 4.57 Å². The highest BCUT2D eigenvalue weighted by Gasteiger charge is 2.10. The minimum atomic E-state index is 0.816. The Kier molecular flexibility index (Phi) is 3.12. The van der Waals surface area contributed by atoms with Crippen LogP contribution in [0.5, 0.6) is 0 Å². The van der Waals surface area contributed by atoms with E-state index >= 15 is 0 Å². The number of rotatable bonds is 4. The molecule has 6 heteroatoms. The molecule has 0 amide bonds. The second-order valence-electron chi connectivity index (χ2n) is 4.96. The van der Waals surface area contributed by atoms with E-state index in [-0.39, 0.29) is 0 Å². The van der Waals surface area contributed by atoms with E-state index in [0.29, 0.717) is 0 Å². The average molecular weight is 290 g/mol. The second kappa shape index (κ2) is 5.40. The SMILES string of the molecule is c1ccc(CCn2ccnc2-c2cccc3ncnn23)nc1. The number of hydrogen-bond acceptors (Lipinski definition) is 4. The Hall–Kier alpha value is -3.02. The summed E-state index contributed by atoms with van der Waals surface area (Å²) in [5.74, 6) is 0.882. The third kappa shape index (κ3) is 2.24.